The quantitative estimate of drug-likeness (QED) is 0.427. The zero-order valence-corrected chi connectivity index (χ0v) is 11.3. The third-order valence-corrected chi connectivity index (χ3v) is 3.16. The molecule has 0 saturated carbocycles. The van der Waals surface area contributed by atoms with Crippen molar-refractivity contribution in [2.45, 2.75) is 52.1 Å². The van der Waals surface area contributed by atoms with E-state index in [1.54, 1.807) is 0 Å². The normalized spacial score (nSPS) is 14.8. The van der Waals surface area contributed by atoms with Gasteiger partial charge in [0.2, 0.25) is 0 Å². The second-order valence-electron chi connectivity index (χ2n) is 4.46. The van der Waals surface area contributed by atoms with Crippen molar-refractivity contribution in [3.05, 3.63) is 12.2 Å². The van der Waals surface area contributed by atoms with Crippen molar-refractivity contribution in [2.24, 2.45) is 5.41 Å². The summed E-state index contributed by atoms with van der Waals surface area (Å²) in [5, 5.41) is 0. The summed E-state index contributed by atoms with van der Waals surface area (Å²) in [6.07, 6.45) is -14.1. The lowest BCUT2D eigenvalue weighted by atomic mass is 9.81. The summed E-state index contributed by atoms with van der Waals surface area (Å²) in [7, 11) is 0. The Hall–Kier alpha value is -1.21. The van der Waals surface area contributed by atoms with Gasteiger partial charge in [0.15, 0.2) is 5.41 Å². The highest BCUT2D eigenvalue weighted by atomic mass is 19.4. The lowest BCUT2D eigenvalue weighted by Gasteiger charge is -2.39. The molecule has 118 valence electrons. The molecule has 0 radical (unpaired) electrons. The zero-order valence-electron chi connectivity index (χ0n) is 11.3. The summed E-state index contributed by atoms with van der Waals surface area (Å²) in [5.74, 6) is -1.25. The van der Waals surface area contributed by atoms with Crippen LogP contribution in [0.15, 0.2) is 12.2 Å². The molecule has 0 aliphatic rings. The molecule has 0 amide bonds. The zero-order chi connectivity index (χ0) is 16.4. The fourth-order valence-corrected chi connectivity index (χ4v) is 1.49. The first-order chi connectivity index (χ1) is 8.82. The Labute approximate surface area is 112 Å². The summed E-state index contributed by atoms with van der Waals surface area (Å²) in [6, 6.07) is 0. The predicted octanol–water partition coefficient (Wildman–Crippen LogP) is 4.41. The molecule has 2 nitrogen and oxygen atoms in total. The first kappa shape index (κ1) is 18.8. The third-order valence-electron chi connectivity index (χ3n) is 3.16. The second-order valence-corrected chi connectivity index (χ2v) is 4.46. The van der Waals surface area contributed by atoms with Crippen molar-refractivity contribution in [1.29, 1.82) is 0 Å². The molecule has 0 aliphatic heterocycles. The first-order valence-corrected chi connectivity index (χ1v) is 5.85. The van der Waals surface area contributed by atoms with Crippen LogP contribution < -0.4 is 0 Å². The van der Waals surface area contributed by atoms with E-state index in [4.69, 9.17) is 0 Å². The van der Waals surface area contributed by atoms with E-state index in [2.05, 4.69) is 11.3 Å². The number of carbonyl (C=O) groups is 1. The van der Waals surface area contributed by atoms with Crippen molar-refractivity contribution < 1.29 is 35.9 Å². The number of hydrogen-bond acceptors (Lipinski definition) is 2. The Morgan fingerprint density at radius 2 is 1.50 bits per heavy atom. The van der Waals surface area contributed by atoms with E-state index in [9.17, 15) is 31.1 Å². The number of carbonyl (C=O) groups excluding carboxylic acids is 1. The summed E-state index contributed by atoms with van der Waals surface area (Å²) in [5.41, 5.74) is -4.31. The SMILES string of the molecule is C=C(CC)C(=O)OC(CC)C(C)(C(F)(F)F)C(F)(F)F. The molecule has 0 aromatic carbocycles. The predicted molar refractivity (Wildman–Crippen MR) is 59.8 cm³/mol. The van der Waals surface area contributed by atoms with Crippen LogP contribution in [0.25, 0.3) is 0 Å². The number of rotatable bonds is 5. The van der Waals surface area contributed by atoms with Crippen molar-refractivity contribution in [2.75, 3.05) is 0 Å². The topological polar surface area (TPSA) is 26.3 Å². The van der Waals surface area contributed by atoms with Crippen LogP contribution in [0.1, 0.15) is 33.6 Å². The molecule has 8 heteroatoms. The van der Waals surface area contributed by atoms with Crippen molar-refractivity contribution in [1.82, 2.24) is 0 Å². The van der Waals surface area contributed by atoms with E-state index in [-0.39, 0.29) is 18.9 Å². The van der Waals surface area contributed by atoms with Gasteiger partial charge in [-0.1, -0.05) is 20.4 Å². The van der Waals surface area contributed by atoms with Crippen LogP contribution in [-0.4, -0.2) is 24.4 Å². The maximum Gasteiger partial charge on any atom is 0.406 e. The molecule has 0 rings (SSSR count). The minimum atomic E-state index is -5.60. The van der Waals surface area contributed by atoms with Crippen LogP contribution in [-0.2, 0) is 9.53 Å². The highest BCUT2D eigenvalue weighted by molar-refractivity contribution is 5.87. The molecule has 0 N–H and O–H groups in total. The number of halogens is 6. The molecular weight excluding hydrogens is 290 g/mol. The van der Waals surface area contributed by atoms with Gasteiger partial charge in [-0.05, 0) is 19.8 Å². The molecule has 0 aliphatic carbocycles. The fourth-order valence-electron chi connectivity index (χ4n) is 1.49. The summed E-state index contributed by atoms with van der Waals surface area (Å²) in [6.45, 7) is 5.79. The number of alkyl halides is 6. The van der Waals surface area contributed by atoms with Gasteiger partial charge in [0, 0.05) is 5.57 Å². The molecule has 0 spiro atoms. The minimum absolute atomic E-state index is 0.0108. The Morgan fingerprint density at radius 1 is 1.10 bits per heavy atom. The summed E-state index contributed by atoms with van der Waals surface area (Å²) < 4.78 is 81.4. The molecule has 0 aromatic heterocycles. The number of ether oxygens (including phenoxy) is 1. The summed E-state index contributed by atoms with van der Waals surface area (Å²) >= 11 is 0. The number of hydrogen-bond donors (Lipinski definition) is 0. The molecular formula is C12H16F6O2. The van der Waals surface area contributed by atoms with Gasteiger partial charge in [-0.25, -0.2) is 4.79 Å². The third kappa shape index (κ3) is 3.46. The van der Waals surface area contributed by atoms with E-state index in [0.717, 1.165) is 6.92 Å². The van der Waals surface area contributed by atoms with Gasteiger partial charge >= 0.3 is 18.3 Å². The van der Waals surface area contributed by atoms with E-state index in [1.807, 2.05) is 0 Å². The fraction of sp³-hybridized carbons (Fsp3) is 0.750. The molecule has 0 saturated heterocycles. The first-order valence-electron chi connectivity index (χ1n) is 5.85. The molecule has 0 fully saturated rings. The summed E-state index contributed by atoms with van der Waals surface area (Å²) in [4.78, 5) is 11.4. The van der Waals surface area contributed by atoms with Crippen LogP contribution >= 0.6 is 0 Å². The van der Waals surface area contributed by atoms with Crippen molar-refractivity contribution >= 4 is 5.97 Å². The molecule has 0 aromatic rings. The lowest BCUT2D eigenvalue weighted by Crippen LogP contribution is -2.56. The highest BCUT2D eigenvalue weighted by Crippen LogP contribution is 2.53. The monoisotopic (exact) mass is 306 g/mol. The van der Waals surface area contributed by atoms with E-state index < -0.39 is 36.3 Å². The van der Waals surface area contributed by atoms with E-state index in [1.165, 1.54) is 6.92 Å². The molecule has 0 bridgehead atoms. The average Bonchev–Trinajstić information content (AvgIpc) is 2.30. The van der Waals surface area contributed by atoms with Crippen LogP contribution in [0.5, 0.6) is 0 Å². The van der Waals surface area contributed by atoms with Gasteiger partial charge in [-0.15, -0.1) is 0 Å². The van der Waals surface area contributed by atoms with Gasteiger partial charge in [-0.2, -0.15) is 26.3 Å². The van der Waals surface area contributed by atoms with Crippen LogP contribution in [0, 0.1) is 5.41 Å². The second kappa shape index (κ2) is 6.05. The van der Waals surface area contributed by atoms with Crippen molar-refractivity contribution in [3.8, 4) is 0 Å². The van der Waals surface area contributed by atoms with E-state index >= 15 is 0 Å². The minimum Gasteiger partial charge on any atom is -0.458 e. The smallest absolute Gasteiger partial charge is 0.406 e. The van der Waals surface area contributed by atoms with Crippen molar-refractivity contribution in [3.63, 3.8) is 0 Å². The van der Waals surface area contributed by atoms with Gasteiger partial charge in [0.1, 0.15) is 6.10 Å². The van der Waals surface area contributed by atoms with Gasteiger partial charge in [0.05, 0.1) is 0 Å². The Balaban J connectivity index is 5.56. The molecule has 20 heavy (non-hydrogen) atoms. The molecule has 0 heterocycles. The van der Waals surface area contributed by atoms with E-state index in [0.29, 0.717) is 0 Å². The maximum atomic E-state index is 12.8. The highest BCUT2D eigenvalue weighted by Gasteiger charge is 2.72. The van der Waals surface area contributed by atoms with Crippen LogP contribution in [0.4, 0.5) is 26.3 Å². The molecule has 1 unspecified atom stereocenters. The van der Waals surface area contributed by atoms with Gasteiger partial charge < -0.3 is 4.74 Å². The van der Waals surface area contributed by atoms with Crippen LogP contribution in [0.2, 0.25) is 0 Å². The van der Waals surface area contributed by atoms with Crippen LogP contribution in [0.3, 0.4) is 0 Å². The number of esters is 1. The lowest BCUT2D eigenvalue weighted by molar-refractivity contribution is -0.359. The Morgan fingerprint density at radius 3 is 1.75 bits per heavy atom. The standard InChI is InChI=1S/C12H16F6O2/c1-5-7(3)9(19)20-8(6-2)10(4,11(13,14)15)12(16,17)18/h8H,3,5-6H2,1-2,4H3. The largest absolute Gasteiger partial charge is 0.458 e. The molecule has 1 atom stereocenters. The Bertz CT molecular complexity index is 355. The Kier molecular flexibility index (Phi) is 5.68. The average molecular weight is 306 g/mol. The maximum absolute atomic E-state index is 12.8. The van der Waals surface area contributed by atoms with Gasteiger partial charge in [0.25, 0.3) is 0 Å². The van der Waals surface area contributed by atoms with Gasteiger partial charge in [-0.3, -0.25) is 0 Å².